The second-order valence-electron chi connectivity index (χ2n) is 5.12. The van der Waals surface area contributed by atoms with Crippen LogP contribution in [0.3, 0.4) is 0 Å². The van der Waals surface area contributed by atoms with E-state index in [1.54, 1.807) is 6.92 Å². The Labute approximate surface area is 160 Å². The van der Waals surface area contributed by atoms with E-state index in [0.717, 1.165) is 10.7 Å². The van der Waals surface area contributed by atoms with Gasteiger partial charge in [-0.15, -0.1) is 0 Å². The van der Waals surface area contributed by atoms with E-state index in [1.165, 1.54) is 7.05 Å². The zero-order valence-corrected chi connectivity index (χ0v) is 15.2. The number of carbonyl (C=O) groups excluding carboxylic acids is 1. The summed E-state index contributed by atoms with van der Waals surface area (Å²) in [5.41, 5.74) is -1.49. The third-order valence-corrected chi connectivity index (χ3v) is 3.63. The number of benzene rings is 1. The molecular formula is C15H13ClF3N3O6. The molecule has 1 aromatic carbocycles. The lowest BCUT2D eigenvalue weighted by molar-refractivity contribution is -0.385. The number of nitro groups is 1. The molecule has 28 heavy (non-hydrogen) atoms. The number of ether oxygens (including phenoxy) is 3. The number of hydrogen-bond donors (Lipinski definition) is 0. The van der Waals surface area contributed by atoms with E-state index in [9.17, 15) is 28.1 Å². The van der Waals surface area contributed by atoms with Crippen LogP contribution >= 0.6 is 11.6 Å². The summed E-state index contributed by atoms with van der Waals surface area (Å²) in [5.74, 6) is -2.93. The van der Waals surface area contributed by atoms with E-state index in [2.05, 4.69) is 14.6 Å². The molecule has 0 atom stereocenters. The largest absolute Gasteiger partial charge is 0.475 e. The molecule has 1 heterocycles. The number of aryl methyl sites for hydroxylation is 1. The van der Waals surface area contributed by atoms with Crippen molar-refractivity contribution in [3.63, 3.8) is 0 Å². The van der Waals surface area contributed by atoms with Crippen molar-refractivity contribution in [3.05, 3.63) is 33.1 Å². The molecule has 9 nitrogen and oxygen atoms in total. The number of halogens is 4. The number of alkyl halides is 2. The van der Waals surface area contributed by atoms with Crippen LogP contribution in [0.5, 0.6) is 11.6 Å². The Hall–Kier alpha value is -3.02. The topological polar surface area (TPSA) is 106 Å². The Morgan fingerprint density at radius 2 is 2.11 bits per heavy atom. The van der Waals surface area contributed by atoms with Crippen LogP contribution in [0.1, 0.15) is 6.92 Å². The first-order valence-corrected chi connectivity index (χ1v) is 7.97. The molecule has 0 spiro atoms. The van der Waals surface area contributed by atoms with Gasteiger partial charge in [-0.3, -0.25) is 10.1 Å². The van der Waals surface area contributed by atoms with Gasteiger partial charge in [-0.2, -0.15) is 13.9 Å². The van der Waals surface area contributed by atoms with Crippen LogP contribution in [0.15, 0.2) is 12.1 Å². The van der Waals surface area contributed by atoms with Crippen molar-refractivity contribution in [2.75, 3.05) is 13.2 Å². The third kappa shape index (κ3) is 4.63. The Balaban J connectivity index is 2.46. The predicted octanol–water partition coefficient (Wildman–Crippen LogP) is 3.33. The molecule has 0 amide bonds. The standard InChI is InChI=1S/C15H13ClF3N3O6/c1-3-26-11(23)6-27-10-5-8(17)7(4-9(10)22(24)25)13-12(16)14(21(2)20-13)28-15(18)19/h4-5,15H,3,6H2,1-2H3. The van der Waals surface area contributed by atoms with Crippen LogP contribution in [0.25, 0.3) is 11.3 Å². The van der Waals surface area contributed by atoms with Crippen LogP contribution in [0, 0.1) is 15.9 Å². The molecule has 1 aromatic heterocycles. The molecule has 13 heteroatoms. The summed E-state index contributed by atoms with van der Waals surface area (Å²) in [7, 11) is 1.22. The fraction of sp³-hybridized carbons (Fsp3) is 0.333. The monoisotopic (exact) mass is 423 g/mol. The van der Waals surface area contributed by atoms with Gasteiger partial charge in [-0.1, -0.05) is 11.6 Å². The number of hydrogen-bond acceptors (Lipinski definition) is 7. The molecule has 0 unspecified atom stereocenters. The van der Waals surface area contributed by atoms with Gasteiger partial charge in [0.1, 0.15) is 16.5 Å². The molecule has 0 saturated carbocycles. The van der Waals surface area contributed by atoms with Crippen LogP contribution in [0.4, 0.5) is 18.9 Å². The number of rotatable bonds is 8. The zero-order chi connectivity index (χ0) is 21.0. The average Bonchev–Trinajstić information content (AvgIpc) is 2.87. The summed E-state index contributed by atoms with van der Waals surface area (Å²) in [5, 5.41) is 14.6. The summed E-state index contributed by atoms with van der Waals surface area (Å²) in [6.45, 7) is -2.26. The maximum absolute atomic E-state index is 14.5. The Morgan fingerprint density at radius 1 is 1.43 bits per heavy atom. The van der Waals surface area contributed by atoms with Gasteiger partial charge in [0, 0.05) is 24.7 Å². The Kier molecular flexibility index (Phi) is 6.67. The van der Waals surface area contributed by atoms with Gasteiger partial charge in [0.05, 0.1) is 11.5 Å². The summed E-state index contributed by atoms with van der Waals surface area (Å²) < 4.78 is 54.1. The van der Waals surface area contributed by atoms with Gasteiger partial charge < -0.3 is 14.2 Å². The maximum atomic E-state index is 14.5. The quantitative estimate of drug-likeness (QED) is 0.364. The normalized spacial score (nSPS) is 10.8. The number of esters is 1. The van der Waals surface area contributed by atoms with Gasteiger partial charge >= 0.3 is 18.3 Å². The van der Waals surface area contributed by atoms with Gasteiger partial charge in [-0.05, 0) is 6.92 Å². The van der Waals surface area contributed by atoms with Gasteiger partial charge in [0.2, 0.25) is 11.6 Å². The first kappa shape index (κ1) is 21.3. The van der Waals surface area contributed by atoms with E-state index in [1.807, 2.05) is 0 Å². The number of carbonyl (C=O) groups is 1. The van der Waals surface area contributed by atoms with E-state index < -0.39 is 57.8 Å². The van der Waals surface area contributed by atoms with Crippen LogP contribution < -0.4 is 9.47 Å². The van der Waals surface area contributed by atoms with Crippen molar-refractivity contribution in [2.45, 2.75) is 13.5 Å². The van der Waals surface area contributed by atoms with Crippen molar-refractivity contribution < 1.29 is 37.1 Å². The third-order valence-electron chi connectivity index (χ3n) is 3.29. The zero-order valence-electron chi connectivity index (χ0n) is 14.4. The molecule has 0 N–H and O–H groups in total. The minimum absolute atomic E-state index is 0.0682. The highest BCUT2D eigenvalue weighted by molar-refractivity contribution is 6.34. The molecule has 0 aliphatic carbocycles. The lowest BCUT2D eigenvalue weighted by atomic mass is 10.1. The van der Waals surface area contributed by atoms with E-state index in [0.29, 0.717) is 6.07 Å². The second kappa shape index (κ2) is 8.78. The van der Waals surface area contributed by atoms with Crippen molar-refractivity contribution in [1.82, 2.24) is 9.78 Å². The predicted molar refractivity (Wildman–Crippen MR) is 89.0 cm³/mol. The highest BCUT2D eigenvalue weighted by atomic mass is 35.5. The molecule has 2 aromatic rings. The van der Waals surface area contributed by atoms with E-state index >= 15 is 0 Å². The van der Waals surface area contributed by atoms with Gasteiger partial charge in [-0.25, -0.2) is 13.9 Å². The van der Waals surface area contributed by atoms with E-state index in [4.69, 9.17) is 16.3 Å². The summed E-state index contributed by atoms with van der Waals surface area (Å²) in [4.78, 5) is 21.7. The lowest BCUT2D eigenvalue weighted by Crippen LogP contribution is -2.15. The summed E-state index contributed by atoms with van der Waals surface area (Å²) in [6, 6.07) is 1.42. The average molecular weight is 424 g/mol. The molecule has 0 radical (unpaired) electrons. The summed E-state index contributed by atoms with van der Waals surface area (Å²) in [6.07, 6.45) is 0. The fourth-order valence-electron chi connectivity index (χ4n) is 2.19. The smallest absolute Gasteiger partial charge is 0.388 e. The van der Waals surface area contributed by atoms with Crippen LogP contribution in [0.2, 0.25) is 5.02 Å². The number of aromatic nitrogens is 2. The molecule has 0 bridgehead atoms. The number of nitrogens with zero attached hydrogens (tertiary/aromatic N) is 3. The highest BCUT2D eigenvalue weighted by Gasteiger charge is 2.27. The maximum Gasteiger partial charge on any atom is 0.388 e. The molecule has 2 rings (SSSR count). The minimum atomic E-state index is -3.21. The SMILES string of the molecule is CCOC(=O)COc1cc(F)c(-c2nn(C)c(OC(F)F)c2Cl)cc1[N+](=O)[O-]. The number of nitro benzene ring substituents is 1. The van der Waals surface area contributed by atoms with Crippen LogP contribution in [-0.2, 0) is 16.6 Å². The molecule has 0 aliphatic rings. The fourth-order valence-corrected chi connectivity index (χ4v) is 2.50. The first-order chi connectivity index (χ1) is 13.1. The van der Waals surface area contributed by atoms with Gasteiger partial charge in [0.15, 0.2) is 6.61 Å². The molecule has 0 saturated heterocycles. The van der Waals surface area contributed by atoms with Crippen molar-refractivity contribution in [1.29, 1.82) is 0 Å². The van der Waals surface area contributed by atoms with Crippen molar-refractivity contribution >= 4 is 23.3 Å². The molecule has 0 fully saturated rings. The molecule has 0 aliphatic heterocycles. The highest BCUT2D eigenvalue weighted by Crippen LogP contribution is 2.40. The molecule has 152 valence electrons. The van der Waals surface area contributed by atoms with Crippen molar-refractivity contribution in [3.8, 4) is 22.9 Å². The first-order valence-electron chi connectivity index (χ1n) is 7.59. The summed E-state index contributed by atoms with van der Waals surface area (Å²) >= 11 is 5.92. The lowest BCUT2D eigenvalue weighted by Gasteiger charge is -2.08. The second-order valence-corrected chi connectivity index (χ2v) is 5.50. The van der Waals surface area contributed by atoms with Gasteiger partial charge in [0.25, 0.3) is 0 Å². The van der Waals surface area contributed by atoms with E-state index in [-0.39, 0.29) is 12.3 Å². The molecular weight excluding hydrogens is 411 g/mol. The Bertz CT molecular complexity index is 906. The minimum Gasteiger partial charge on any atom is -0.475 e. The van der Waals surface area contributed by atoms with Crippen LogP contribution in [-0.4, -0.2) is 40.5 Å². The Morgan fingerprint density at radius 3 is 2.68 bits per heavy atom. The van der Waals surface area contributed by atoms with Crippen molar-refractivity contribution in [2.24, 2.45) is 7.05 Å².